The maximum atomic E-state index is 12.3. The minimum absolute atomic E-state index is 0.0446. The smallest absolute Gasteiger partial charge is 0.234 e. The first kappa shape index (κ1) is 18.7. The molecule has 0 saturated carbocycles. The highest BCUT2D eigenvalue weighted by molar-refractivity contribution is 7.99. The van der Waals surface area contributed by atoms with Crippen molar-refractivity contribution in [1.82, 2.24) is 14.8 Å². The highest BCUT2D eigenvalue weighted by Gasteiger charge is 2.15. The van der Waals surface area contributed by atoms with Crippen molar-refractivity contribution < 1.29 is 4.79 Å². The lowest BCUT2D eigenvalue weighted by atomic mass is 10.1. The maximum Gasteiger partial charge on any atom is 0.234 e. The van der Waals surface area contributed by atoms with Crippen molar-refractivity contribution in [2.45, 2.75) is 39.4 Å². The van der Waals surface area contributed by atoms with E-state index < -0.39 is 0 Å². The van der Waals surface area contributed by atoms with Crippen LogP contribution < -0.4 is 5.32 Å². The van der Waals surface area contributed by atoms with E-state index in [-0.39, 0.29) is 5.91 Å². The van der Waals surface area contributed by atoms with Crippen molar-refractivity contribution in [3.05, 3.63) is 45.6 Å². The Hall–Kier alpha value is -2.12. The molecule has 3 rings (SSSR count). The summed E-state index contributed by atoms with van der Waals surface area (Å²) in [5.74, 6) is 1.11. The summed E-state index contributed by atoms with van der Waals surface area (Å²) in [6, 6.07) is 8.04. The Balaban J connectivity index is 1.66. The van der Waals surface area contributed by atoms with E-state index in [9.17, 15) is 4.79 Å². The molecule has 1 aromatic carbocycles. The SMILES string of the molecule is CCn1c(SCC(=O)Nc2ccc(C)c(C)c2)nnc1-c1csc(C)c1. The standard InChI is InChI=1S/C19H22N4OS2/c1-5-23-18(15-9-14(4)25-10-15)21-22-19(23)26-11-17(24)20-16-7-6-12(2)13(3)8-16/h6-10H,5,11H2,1-4H3,(H,20,24). The molecular weight excluding hydrogens is 364 g/mol. The van der Waals surface area contributed by atoms with Crippen LogP contribution in [0.2, 0.25) is 0 Å². The zero-order chi connectivity index (χ0) is 18.7. The van der Waals surface area contributed by atoms with Gasteiger partial charge in [-0.3, -0.25) is 4.79 Å². The summed E-state index contributed by atoms with van der Waals surface area (Å²) in [6.45, 7) is 9.00. The van der Waals surface area contributed by atoms with E-state index in [4.69, 9.17) is 0 Å². The van der Waals surface area contributed by atoms with E-state index in [1.165, 1.54) is 22.2 Å². The van der Waals surface area contributed by atoms with Crippen LogP contribution in [0.25, 0.3) is 11.4 Å². The zero-order valence-corrected chi connectivity index (χ0v) is 17.0. The van der Waals surface area contributed by atoms with Gasteiger partial charge in [0.2, 0.25) is 5.91 Å². The summed E-state index contributed by atoms with van der Waals surface area (Å²) in [4.78, 5) is 13.5. The molecule has 0 unspecified atom stereocenters. The molecule has 7 heteroatoms. The third kappa shape index (κ3) is 4.16. The first-order valence-corrected chi connectivity index (χ1v) is 10.3. The normalized spacial score (nSPS) is 10.9. The van der Waals surface area contributed by atoms with Gasteiger partial charge in [-0.1, -0.05) is 17.8 Å². The molecule has 0 aliphatic rings. The summed E-state index contributed by atoms with van der Waals surface area (Å²) in [5, 5.41) is 14.4. The molecule has 3 aromatic rings. The number of aryl methyl sites for hydroxylation is 3. The van der Waals surface area contributed by atoms with Crippen LogP contribution in [0.5, 0.6) is 0 Å². The zero-order valence-electron chi connectivity index (χ0n) is 15.4. The topological polar surface area (TPSA) is 59.8 Å². The number of nitrogens with one attached hydrogen (secondary N) is 1. The van der Waals surface area contributed by atoms with Gasteiger partial charge in [-0.15, -0.1) is 21.5 Å². The van der Waals surface area contributed by atoms with E-state index in [0.717, 1.165) is 34.3 Å². The summed E-state index contributed by atoms with van der Waals surface area (Å²) in [5.41, 5.74) is 4.28. The Morgan fingerprint density at radius 2 is 2.00 bits per heavy atom. The van der Waals surface area contributed by atoms with Gasteiger partial charge in [0.1, 0.15) is 0 Å². The second-order valence-electron chi connectivity index (χ2n) is 6.13. The molecule has 0 spiro atoms. The van der Waals surface area contributed by atoms with E-state index in [1.54, 1.807) is 11.3 Å². The number of benzene rings is 1. The van der Waals surface area contributed by atoms with Gasteiger partial charge >= 0.3 is 0 Å². The van der Waals surface area contributed by atoms with Crippen molar-refractivity contribution in [3.63, 3.8) is 0 Å². The number of nitrogens with zero attached hydrogens (tertiary/aromatic N) is 3. The molecule has 0 radical (unpaired) electrons. The average molecular weight is 387 g/mol. The van der Waals surface area contributed by atoms with Crippen molar-refractivity contribution in [3.8, 4) is 11.4 Å². The number of carbonyl (C=O) groups excluding carboxylic acids is 1. The highest BCUT2D eigenvalue weighted by atomic mass is 32.2. The van der Waals surface area contributed by atoms with Gasteiger partial charge in [-0.25, -0.2) is 0 Å². The molecule has 0 bridgehead atoms. The Bertz CT molecular complexity index is 930. The fourth-order valence-corrected chi connectivity index (χ4v) is 4.08. The van der Waals surface area contributed by atoms with Crippen LogP contribution >= 0.6 is 23.1 Å². The Kier molecular flexibility index (Phi) is 5.78. The van der Waals surface area contributed by atoms with E-state index in [1.807, 2.05) is 25.1 Å². The molecule has 0 atom stereocenters. The second-order valence-corrected chi connectivity index (χ2v) is 8.19. The number of carbonyl (C=O) groups is 1. The van der Waals surface area contributed by atoms with Crippen LogP contribution in [0.15, 0.2) is 34.8 Å². The summed E-state index contributed by atoms with van der Waals surface area (Å²) >= 11 is 3.11. The van der Waals surface area contributed by atoms with Crippen molar-refractivity contribution >= 4 is 34.7 Å². The molecular formula is C19H22N4OS2. The van der Waals surface area contributed by atoms with Gasteiger partial charge in [0, 0.05) is 28.1 Å². The molecule has 0 saturated heterocycles. The van der Waals surface area contributed by atoms with Gasteiger partial charge in [-0.05, 0) is 57.0 Å². The number of aromatic nitrogens is 3. The predicted molar refractivity (Wildman–Crippen MR) is 109 cm³/mol. The lowest BCUT2D eigenvalue weighted by molar-refractivity contribution is -0.113. The molecule has 0 aliphatic heterocycles. The average Bonchev–Trinajstić information content (AvgIpc) is 3.21. The first-order valence-electron chi connectivity index (χ1n) is 8.46. The Morgan fingerprint density at radius 1 is 1.19 bits per heavy atom. The molecule has 2 aromatic heterocycles. The monoisotopic (exact) mass is 386 g/mol. The molecule has 1 N–H and O–H groups in total. The fourth-order valence-electron chi connectivity index (χ4n) is 2.60. The van der Waals surface area contributed by atoms with Gasteiger partial charge < -0.3 is 9.88 Å². The Labute approximate surface area is 161 Å². The van der Waals surface area contributed by atoms with Gasteiger partial charge in [0.05, 0.1) is 5.75 Å². The maximum absolute atomic E-state index is 12.3. The number of thioether (sulfide) groups is 1. The van der Waals surface area contributed by atoms with E-state index in [2.05, 4.69) is 52.3 Å². The highest BCUT2D eigenvalue weighted by Crippen LogP contribution is 2.27. The van der Waals surface area contributed by atoms with Crippen LogP contribution in [0.3, 0.4) is 0 Å². The van der Waals surface area contributed by atoms with Crippen LogP contribution in [0, 0.1) is 20.8 Å². The largest absolute Gasteiger partial charge is 0.325 e. The fraction of sp³-hybridized carbons (Fsp3) is 0.316. The van der Waals surface area contributed by atoms with Crippen LogP contribution in [0.1, 0.15) is 22.9 Å². The number of rotatable bonds is 6. The molecule has 5 nitrogen and oxygen atoms in total. The second kappa shape index (κ2) is 8.05. The quantitative estimate of drug-likeness (QED) is 0.625. The molecule has 136 valence electrons. The van der Waals surface area contributed by atoms with E-state index >= 15 is 0 Å². The Morgan fingerprint density at radius 3 is 2.65 bits per heavy atom. The summed E-state index contributed by atoms with van der Waals surface area (Å²) < 4.78 is 2.05. The van der Waals surface area contributed by atoms with Crippen LogP contribution in [0.4, 0.5) is 5.69 Å². The predicted octanol–water partition coefficient (Wildman–Crippen LogP) is 4.68. The molecule has 0 aliphatic carbocycles. The van der Waals surface area contributed by atoms with Crippen LogP contribution in [-0.4, -0.2) is 26.4 Å². The minimum Gasteiger partial charge on any atom is -0.325 e. The third-order valence-corrected chi connectivity index (χ3v) is 5.97. The molecule has 0 fully saturated rings. The van der Waals surface area contributed by atoms with Crippen molar-refractivity contribution in [2.24, 2.45) is 0 Å². The third-order valence-electron chi connectivity index (χ3n) is 4.14. The van der Waals surface area contributed by atoms with Gasteiger partial charge in [0.15, 0.2) is 11.0 Å². The molecule has 1 amide bonds. The van der Waals surface area contributed by atoms with Gasteiger partial charge in [0.25, 0.3) is 0 Å². The number of anilines is 1. The van der Waals surface area contributed by atoms with Crippen molar-refractivity contribution in [2.75, 3.05) is 11.1 Å². The van der Waals surface area contributed by atoms with Gasteiger partial charge in [-0.2, -0.15) is 0 Å². The van der Waals surface area contributed by atoms with Crippen molar-refractivity contribution in [1.29, 1.82) is 0 Å². The lowest BCUT2D eigenvalue weighted by Gasteiger charge is -2.08. The number of amides is 1. The summed E-state index contributed by atoms with van der Waals surface area (Å²) in [6.07, 6.45) is 0. The summed E-state index contributed by atoms with van der Waals surface area (Å²) in [7, 11) is 0. The molecule has 2 heterocycles. The molecule has 26 heavy (non-hydrogen) atoms. The first-order chi connectivity index (χ1) is 12.5. The lowest BCUT2D eigenvalue weighted by Crippen LogP contribution is -2.14. The number of hydrogen-bond acceptors (Lipinski definition) is 5. The number of hydrogen-bond donors (Lipinski definition) is 1. The van der Waals surface area contributed by atoms with E-state index in [0.29, 0.717) is 5.75 Å². The minimum atomic E-state index is -0.0446. The van der Waals surface area contributed by atoms with Crippen LogP contribution in [-0.2, 0) is 11.3 Å². The number of thiophene rings is 1.